The van der Waals surface area contributed by atoms with Crippen LogP contribution < -0.4 is 5.32 Å². The Kier molecular flexibility index (Phi) is 6.06. The van der Waals surface area contributed by atoms with Crippen LogP contribution in [0.4, 0.5) is 0 Å². The molecule has 1 unspecified atom stereocenters. The van der Waals surface area contributed by atoms with E-state index < -0.39 is 5.60 Å². The minimum Gasteiger partial charge on any atom is -0.387 e. The first kappa shape index (κ1) is 16.9. The molecule has 2 heterocycles. The van der Waals surface area contributed by atoms with Gasteiger partial charge in [0.05, 0.1) is 5.60 Å². The van der Waals surface area contributed by atoms with Crippen LogP contribution in [0.15, 0.2) is 30.3 Å². The van der Waals surface area contributed by atoms with Gasteiger partial charge in [0.25, 0.3) is 0 Å². The van der Waals surface area contributed by atoms with Crippen molar-refractivity contribution in [1.82, 2.24) is 15.1 Å². The summed E-state index contributed by atoms with van der Waals surface area (Å²) in [6.45, 7) is 8.28. The maximum Gasteiger partial charge on any atom is 0.0909 e. The second kappa shape index (κ2) is 8.25. The van der Waals surface area contributed by atoms with E-state index in [1.165, 1.54) is 37.9 Å². The molecule has 4 heteroatoms. The molecule has 4 nitrogen and oxygen atoms in total. The summed E-state index contributed by atoms with van der Waals surface area (Å²) in [6.07, 6.45) is 4.52. The van der Waals surface area contributed by atoms with E-state index in [0.29, 0.717) is 0 Å². The van der Waals surface area contributed by atoms with Gasteiger partial charge in [0.2, 0.25) is 0 Å². The Balaban J connectivity index is 1.38. The largest absolute Gasteiger partial charge is 0.387 e. The van der Waals surface area contributed by atoms with Crippen molar-refractivity contribution in [1.29, 1.82) is 0 Å². The zero-order valence-electron chi connectivity index (χ0n) is 14.2. The van der Waals surface area contributed by atoms with Crippen LogP contribution in [0.1, 0.15) is 24.8 Å². The summed E-state index contributed by atoms with van der Waals surface area (Å²) in [5, 5.41) is 13.8. The van der Waals surface area contributed by atoms with Crippen LogP contribution >= 0.6 is 0 Å². The summed E-state index contributed by atoms with van der Waals surface area (Å²) in [5.74, 6) is 0. The number of nitrogens with one attached hydrogen (secondary N) is 1. The Morgan fingerprint density at radius 1 is 1.04 bits per heavy atom. The summed E-state index contributed by atoms with van der Waals surface area (Å²) in [7, 11) is 0. The summed E-state index contributed by atoms with van der Waals surface area (Å²) < 4.78 is 0. The highest BCUT2D eigenvalue weighted by Crippen LogP contribution is 2.17. The minimum atomic E-state index is -0.498. The molecule has 0 bridgehead atoms. The Morgan fingerprint density at radius 3 is 2.61 bits per heavy atom. The van der Waals surface area contributed by atoms with Crippen LogP contribution in [0, 0.1) is 0 Å². The lowest BCUT2D eigenvalue weighted by Crippen LogP contribution is -2.45. The van der Waals surface area contributed by atoms with Crippen molar-refractivity contribution in [3.8, 4) is 0 Å². The highest BCUT2D eigenvalue weighted by Gasteiger charge is 2.33. The molecule has 0 aromatic heterocycles. The lowest BCUT2D eigenvalue weighted by atomic mass is 10.0. The molecule has 1 atom stereocenters. The van der Waals surface area contributed by atoms with Gasteiger partial charge in [-0.15, -0.1) is 0 Å². The Hall–Kier alpha value is -0.940. The molecule has 0 amide bonds. The molecule has 128 valence electrons. The van der Waals surface area contributed by atoms with Gasteiger partial charge in [-0.3, -0.25) is 4.90 Å². The predicted octanol–water partition coefficient (Wildman–Crippen LogP) is 1.35. The quantitative estimate of drug-likeness (QED) is 0.831. The Morgan fingerprint density at radius 2 is 1.83 bits per heavy atom. The summed E-state index contributed by atoms with van der Waals surface area (Å²) >= 11 is 0. The van der Waals surface area contributed by atoms with Gasteiger partial charge in [-0.25, -0.2) is 0 Å². The molecular formula is C19H31N3O. The van der Waals surface area contributed by atoms with Gasteiger partial charge in [-0.05, 0) is 57.4 Å². The van der Waals surface area contributed by atoms with Crippen molar-refractivity contribution >= 4 is 0 Å². The summed E-state index contributed by atoms with van der Waals surface area (Å²) in [5.41, 5.74) is 0.947. The highest BCUT2D eigenvalue weighted by atomic mass is 16.3. The average Bonchev–Trinajstić information content (AvgIpc) is 2.86. The van der Waals surface area contributed by atoms with Crippen LogP contribution in [0.25, 0.3) is 0 Å². The van der Waals surface area contributed by atoms with Crippen molar-refractivity contribution in [2.75, 3.05) is 52.4 Å². The van der Waals surface area contributed by atoms with Gasteiger partial charge in [0.15, 0.2) is 0 Å². The van der Waals surface area contributed by atoms with E-state index in [2.05, 4.69) is 45.4 Å². The second-order valence-electron chi connectivity index (χ2n) is 7.21. The number of hydrogen-bond acceptors (Lipinski definition) is 4. The molecule has 2 N–H and O–H groups in total. The number of β-amino-alcohol motifs (C(OH)–C–C–N with tert-alkyl or cyclic N) is 1. The third-order valence-electron chi connectivity index (χ3n) is 5.20. The molecule has 2 fully saturated rings. The van der Waals surface area contributed by atoms with E-state index in [0.717, 1.165) is 45.7 Å². The SMILES string of the molecule is OC1(CN2CCCN(CCCc3ccccc3)CC2)CCNC1. The molecule has 1 aromatic carbocycles. The first-order valence-corrected chi connectivity index (χ1v) is 9.15. The molecule has 23 heavy (non-hydrogen) atoms. The van der Waals surface area contributed by atoms with E-state index in [1.807, 2.05) is 0 Å². The number of hydrogen-bond donors (Lipinski definition) is 2. The maximum atomic E-state index is 10.6. The summed E-state index contributed by atoms with van der Waals surface area (Å²) in [4.78, 5) is 5.06. The topological polar surface area (TPSA) is 38.7 Å². The van der Waals surface area contributed by atoms with Crippen molar-refractivity contribution in [3.05, 3.63) is 35.9 Å². The van der Waals surface area contributed by atoms with Crippen LogP contribution in [0.2, 0.25) is 0 Å². The third-order valence-corrected chi connectivity index (χ3v) is 5.20. The molecule has 0 radical (unpaired) electrons. The van der Waals surface area contributed by atoms with Gasteiger partial charge in [0.1, 0.15) is 0 Å². The monoisotopic (exact) mass is 317 g/mol. The molecule has 2 saturated heterocycles. The van der Waals surface area contributed by atoms with Gasteiger partial charge < -0.3 is 15.3 Å². The predicted molar refractivity (Wildman–Crippen MR) is 94.7 cm³/mol. The Labute approximate surface area is 140 Å². The second-order valence-corrected chi connectivity index (χ2v) is 7.21. The smallest absolute Gasteiger partial charge is 0.0909 e. The van der Waals surface area contributed by atoms with Crippen LogP contribution in [-0.2, 0) is 6.42 Å². The standard InChI is InChI=1S/C19H31N3O/c23-19(9-10-20-16-19)17-22-13-5-12-21(14-15-22)11-4-8-18-6-2-1-3-7-18/h1-3,6-7,20,23H,4-5,8-17H2. The van der Waals surface area contributed by atoms with Gasteiger partial charge in [-0.1, -0.05) is 30.3 Å². The Bertz CT molecular complexity index is 459. The van der Waals surface area contributed by atoms with Crippen LogP contribution in [0.3, 0.4) is 0 Å². The number of benzene rings is 1. The first-order valence-electron chi connectivity index (χ1n) is 9.15. The maximum absolute atomic E-state index is 10.6. The van der Waals surface area contributed by atoms with Gasteiger partial charge in [-0.2, -0.15) is 0 Å². The fraction of sp³-hybridized carbons (Fsp3) is 0.684. The fourth-order valence-electron chi connectivity index (χ4n) is 3.84. The van der Waals surface area contributed by atoms with E-state index in [9.17, 15) is 5.11 Å². The van der Waals surface area contributed by atoms with E-state index in [1.54, 1.807) is 0 Å². The molecule has 2 aliphatic rings. The molecule has 1 aromatic rings. The lowest BCUT2D eigenvalue weighted by molar-refractivity contribution is 0.0220. The number of rotatable bonds is 6. The first-order chi connectivity index (χ1) is 11.2. The number of aliphatic hydroxyl groups is 1. The van der Waals surface area contributed by atoms with E-state index in [-0.39, 0.29) is 0 Å². The third kappa shape index (κ3) is 5.28. The number of nitrogens with zero attached hydrogens (tertiary/aromatic N) is 2. The van der Waals surface area contributed by atoms with Crippen molar-refractivity contribution in [3.63, 3.8) is 0 Å². The molecular weight excluding hydrogens is 286 g/mol. The van der Waals surface area contributed by atoms with Crippen molar-refractivity contribution in [2.45, 2.75) is 31.3 Å². The number of aryl methyl sites for hydroxylation is 1. The van der Waals surface area contributed by atoms with Crippen LogP contribution in [0.5, 0.6) is 0 Å². The van der Waals surface area contributed by atoms with E-state index in [4.69, 9.17) is 0 Å². The minimum absolute atomic E-state index is 0.498. The van der Waals surface area contributed by atoms with E-state index >= 15 is 0 Å². The molecule has 0 aliphatic carbocycles. The normalized spacial score (nSPS) is 27.2. The fourth-order valence-corrected chi connectivity index (χ4v) is 3.84. The van der Waals surface area contributed by atoms with Gasteiger partial charge in [0, 0.05) is 26.2 Å². The zero-order chi connectivity index (χ0) is 16.0. The lowest BCUT2D eigenvalue weighted by Gasteiger charge is -2.30. The molecule has 0 spiro atoms. The van der Waals surface area contributed by atoms with Crippen LogP contribution in [-0.4, -0.2) is 72.9 Å². The molecule has 3 rings (SSSR count). The zero-order valence-corrected chi connectivity index (χ0v) is 14.2. The van der Waals surface area contributed by atoms with Crippen molar-refractivity contribution < 1.29 is 5.11 Å². The molecule has 0 saturated carbocycles. The average molecular weight is 317 g/mol. The molecule has 2 aliphatic heterocycles. The summed E-state index contributed by atoms with van der Waals surface area (Å²) in [6, 6.07) is 10.8. The highest BCUT2D eigenvalue weighted by molar-refractivity contribution is 5.14. The van der Waals surface area contributed by atoms with Gasteiger partial charge >= 0.3 is 0 Å². The van der Waals surface area contributed by atoms with Crippen molar-refractivity contribution in [2.24, 2.45) is 0 Å².